The van der Waals surface area contributed by atoms with Gasteiger partial charge in [0.2, 0.25) is 0 Å². The zero-order valence-electron chi connectivity index (χ0n) is 8.07. The van der Waals surface area contributed by atoms with Crippen molar-refractivity contribution in [2.45, 2.75) is 18.9 Å². The van der Waals surface area contributed by atoms with Crippen LogP contribution < -0.4 is 4.74 Å². The second-order valence-corrected chi connectivity index (χ2v) is 3.51. The predicted octanol–water partition coefficient (Wildman–Crippen LogP) is 2.23. The third-order valence-corrected chi connectivity index (χ3v) is 2.49. The van der Waals surface area contributed by atoms with Crippen LogP contribution in [0.4, 0.5) is 0 Å². The molecule has 1 aromatic rings. The van der Waals surface area contributed by atoms with Crippen LogP contribution in [0, 0.1) is 0 Å². The first-order valence-corrected chi connectivity index (χ1v) is 4.86. The molecule has 2 rings (SSSR count). The minimum absolute atomic E-state index is 0.432. The highest BCUT2D eigenvalue weighted by molar-refractivity contribution is 5.40. The Morgan fingerprint density at radius 3 is 3.21 bits per heavy atom. The van der Waals surface area contributed by atoms with Gasteiger partial charge in [0.1, 0.15) is 5.75 Å². The molecule has 0 aromatic heterocycles. The van der Waals surface area contributed by atoms with E-state index in [1.807, 2.05) is 18.2 Å². The summed E-state index contributed by atoms with van der Waals surface area (Å²) < 4.78 is 5.39. The van der Waals surface area contributed by atoms with Crippen LogP contribution in [0.5, 0.6) is 5.75 Å². The molecule has 0 amide bonds. The van der Waals surface area contributed by atoms with E-state index in [1.54, 1.807) is 6.08 Å². The summed E-state index contributed by atoms with van der Waals surface area (Å²) in [6.45, 7) is 4.37. The summed E-state index contributed by atoms with van der Waals surface area (Å²) in [4.78, 5) is 0. The van der Waals surface area contributed by atoms with Crippen LogP contribution in [0.15, 0.2) is 30.9 Å². The number of rotatable bonds is 3. The molecule has 1 aliphatic heterocycles. The molecule has 0 aliphatic carbocycles. The van der Waals surface area contributed by atoms with E-state index in [4.69, 9.17) is 4.74 Å². The average molecular weight is 190 g/mol. The lowest BCUT2D eigenvalue weighted by molar-refractivity contribution is 0.181. The third kappa shape index (κ3) is 1.66. The summed E-state index contributed by atoms with van der Waals surface area (Å²) in [5, 5.41) is 9.74. The second kappa shape index (κ2) is 3.84. The van der Waals surface area contributed by atoms with Crippen LogP contribution in [0.3, 0.4) is 0 Å². The van der Waals surface area contributed by atoms with Gasteiger partial charge in [0.05, 0.1) is 12.7 Å². The molecule has 1 atom stereocenters. The predicted molar refractivity (Wildman–Crippen MR) is 55.4 cm³/mol. The van der Waals surface area contributed by atoms with Crippen molar-refractivity contribution in [2.24, 2.45) is 0 Å². The summed E-state index contributed by atoms with van der Waals surface area (Å²) in [7, 11) is 0. The van der Waals surface area contributed by atoms with Crippen LogP contribution >= 0.6 is 0 Å². The van der Waals surface area contributed by atoms with Gasteiger partial charge in [-0.3, -0.25) is 0 Å². The molecular formula is C12H14O2. The minimum Gasteiger partial charge on any atom is -0.493 e. The summed E-state index contributed by atoms with van der Waals surface area (Å²) in [5.74, 6) is 0.958. The standard InChI is InChI=1S/C12H14O2/c1-2-3-11(13)9-4-5-12-10(8-9)6-7-14-12/h2,4-5,8,11,13H,1,3,6-7H2. The monoisotopic (exact) mass is 190 g/mol. The number of fused-ring (bicyclic) bond motifs is 1. The van der Waals surface area contributed by atoms with Crippen molar-refractivity contribution in [2.75, 3.05) is 6.61 Å². The highest BCUT2D eigenvalue weighted by Gasteiger charge is 2.14. The summed E-state index contributed by atoms with van der Waals surface area (Å²) in [6.07, 6.45) is 2.84. The smallest absolute Gasteiger partial charge is 0.122 e. The summed E-state index contributed by atoms with van der Waals surface area (Å²) >= 11 is 0. The molecule has 1 aromatic carbocycles. The van der Waals surface area contributed by atoms with E-state index >= 15 is 0 Å². The Hall–Kier alpha value is -1.28. The summed E-state index contributed by atoms with van der Waals surface area (Å²) in [5.41, 5.74) is 2.15. The maximum atomic E-state index is 9.74. The van der Waals surface area contributed by atoms with Gasteiger partial charge in [-0.05, 0) is 29.7 Å². The lowest BCUT2D eigenvalue weighted by atomic mass is 10.0. The number of ether oxygens (including phenoxy) is 1. The van der Waals surface area contributed by atoms with Crippen LogP contribution in [-0.2, 0) is 6.42 Å². The van der Waals surface area contributed by atoms with Gasteiger partial charge in [0.15, 0.2) is 0 Å². The topological polar surface area (TPSA) is 29.5 Å². The normalized spacial score (nSPS) is 15.8. The molecule has 2 heteroatoms. The molecule has 0 saturated carbocycles. The second-order valence-electron chi connectivity index (χ2n) is 3.51. The van der Waals surface area contributed by atoms with E-state index in [9.17, 15) is 5.11 Å². The van der Waals surface area contributed by atoms with Gasteiger partial charge in [0.25, 0.3) is 0 Å². The van der Waals surface area contributed by atoms with Crippen molar-refractivity contribution in [1.29, 1.82) is 0 Å². The zero-order chi connectivity index (χ0) is 9.97. The lowest BCUT2D eigenvalue weighted by Crippen LogP contribution is -1.95. The fraction of sp³-hybridized carbons (Fsp3) is 0.333. The van der Waals surface area contributed by atoms with Gasteiger partial charge in [-0.15, -0.1) is 6.58 Å². The Labute approximate surface area is 83.8 Å². The molecule has 74 valence electrons. The fourth-order valence-corrected chi connectivity index (χ4v) is 1.71. The molecule has 0 radical (unpaired) electrons. The lowest BCUT2D eigenvalue weighted by Gasteiger charge is -2.09. The molecule has 0 spiro atoms. The van der Waals surface area contributed by atoms with Crippen molar-refractivity contribution < 1.29 is 9.84 Å². The largest absolute Gasteiger partial charge is 0.493 e. The number of hydrogen-bond donors (Lipinski definition) is 1. The van der Waals surface area contributed by atoms with E-state index in [0.717, 1.165) is 24.3 Å². The van der Waals surface area contributed by atoms with E-state index in [-0.39, 0.29) is 0 Å². The number of aliphatic hydroxyl groups is 1. The maximum Gasteiger partial charge on any atom is 0.122 e. The van der Waals surface area contributed by atoms with Gasteiger partial charge < -0.3 is 9.84 Å². The third-order valence-electron chi connectivity index (χ3n) is 2.49. The van der Waals surface area contributed by atoms with Gasteiger partial charge in [-0.2, -0.15) is 0 Å². The number of hydrogen-bond acceptors (Lipinski definition) is 2. The quantitative estimate of drug-likeness (QED) is 0.740. The Kier molecular flexibility index (Phi) is 2.55. The van der Waals surface area contributed by atoms with Crippen molar-refractivity contribution in [3.05, 3.63) is 42.0 Å². The Morgan fingerprint density at radius 2 is 2.43 bits per heavy atom. The number of benzene rings is 1. The van der Waals surface area contributed by atoms with Gasteiger partial charge in [0, 0.05) is 6.42 Å². The molecule has 0 saturated heterocycles. The highest BCUT2D eigenvalue weighted by atomic mass is 16.5. The van der Waals surface area contributed by atoms with Crippen molar-refractivity contribution in [3.63, 3.8) is 0 Å². The highest BCUT2D eigenvalue weighted by Crippen LogP contribution is 2.28. The molecule has 0 fully saturated rings. The number of aliphatic hydroxyl groups excluding tert-OH is 1. The van der Waals surface area contributed by atoms with E-state index in [0.29, 0.717) is 6.42 Å². The van der Waals surface area contributed by atoms with Gasteiger partial charge in [-0.1, -0.05) is 12.1 Å². The Bertz CT molecular complexity index is 344. The Morgan fingerprint density at radius 1 is 1.57 bits per heavy atom. The van der Waals surface area contributed by atoms with Crippen molar-refractivity contribution in [1.82, 2.24) is 0 Å². The van der Waals surface area contributed by atoms with Gasteiger partial charge >= 0.3 is 0 Å². The van der Waals surface area contributed by atoms with Crippen LogP contribution in [-0.4, -0.2) is 11.7 Å². The van der Waals surface area contributed by atoms with E-state index < -0.39 is 6.10 Å². The van der Waals surface area contributed by atoms with E-state index in [2.05, 4.69) is 6.58 Å². The van der Waals surface area contributed by atoms with E-state index in [1.165, 1.54) is 5.56 Å². The van der Waals surface area contributed by atoms with Crippen molar-refractivity contribution >= 4 is 0 Å². The molecule has 14 heavy (non-hydrogen) atoms. The zero-order valence-corrected chi connectivity index (χ0v) is 8.07. The fourth-order valence-electron chi connectivity index (χ4n) is 1.71. The minimum atomic E-state index is -0.432. The molecule has 0 bridgehead atoms. The van der Waals surface area contributed by atoms with Crippen LogP contribution in [0.1, 0.15) is 23.7 Å². The average Bonchev–Trinajstić information content (AvgIpc) is 2.64. The molecule has 2 nitrogen and oxygen atoms in total. The van der Waals surface area contributed by atoms with Crippen LogP contribution in [0.25, 0.3) is 0 Å². The van der Waals surface area contributed by atoms with Gasteiger partial charge in [-0.25, -0.2) is 0 Å². The summed E-state index contributed by atoms with van der Waals surface area (Å²) in [6, 6.07) is 5.87. The Balaban J connectivity index is 2.23. The first kappa shape index (κ1) is 9.28. The SMILES string of the molecule is C=CCC(O)c1ccc2c(c1)CCO2. The molecule has 1 unspecified atom stereocenters. The molecular weight excluding hydrogens is 176 g/mol. The maximum absolute atomic E-state index is 9.74. The first-order valence-electron chi connectivity index (χ1n) is 4.86. The molecule has 1 heterocycles. The first-order chi connectivity index (χ1) is 6.81. The molecule has 1 aliphatic rings. The van der Waals surface area contributed by atoms with Crippen LogP contribution in [0.2, 0.25) is 0 Å². The molecule has 1 N–H and O–H groups in total. The van der Waals surface area contributed by atoms with Crippen molar-refractivity contribution in [3.8, 4) is 5.75 Å².